The Hall–Kier alpha value is -3.30. The van der Waals surface area contributed by atoms with Crippen LogP contribution in [0.1, 0.15) is 24.7 Å². The third-order valence-electron chi connectivity index (χ3n) is 6.92. The van der Waals surface area contributed by atoms with Crippen molar-refractivity contribution in [2.24, 2.45) is 0 Å². The van der Waals surface area contributed by atoms with Crippen LogP contribution in [0.15, 0.2) is 121 Å². The number of ether oxygens (including phenoxy) is 3. The van der Waals surface area contributed by atoms with Gasteiger partial charge in [0.25, 0.3) is 0 Å². The second kappa shape index (κ2) is 11.8. The van der Waals surface area contributed by atoms with E-state index in [2.05, 4.69) is 91.0 Å². The van der Waals surface area contributed by atoms with E-state index in [0.29, 0.717) is 6.42 Å². The largest absolute Gasteiger partial charge is 0.469 e. The van der Waals surface area contributed by atoms with E-state index in [1.165, 1.54) is 23.0 Å². The van der Waals surface area contributed by atoms with Crippen molar-refractivity contribution in [3.05, 3.63) is 127 Å². The first-order valence-corrected chi connectivity index (χ1v) is 14.6. The minimum atomic E-state index is -2.10. The number of rotatable bonds is 8. The maximum Gasteiger partial charge on any atom is 0.308 e. The Morgan fingerprint density at radius 1 is 0.703 bits per heavy atom. The number of carbonyl (C=O) groups excluding carboxylic acids is 1. The van der Waals surface area contributed by atoms with Crippen LogP contribution in [0.4, 0.5) is 0 Å². The van der Waals surface area contributed by atoms with Gasteiger partial charge in [0.2, 0.25) is 0 Å². The minimum absolute atomic E-state index is 0.123. The van der Waals surface area contributed by atoms with Crippen LogP contribution in [0.5, 0.6) is 0 Å². The summed E-state index contributed by atoms with van der Waals surface area (Å²) in [6.07, 6.45) is 0.664. The van der Waals surface area contributed by atoms with Gasteiger partial charge in [-0.2, -0.15) is 0 Å². The van der Waals surface area contributed by atoms with Crippen molar-refractivity contribution in [3.8, 4) is 0 Å². The second-order valence-electron chi connectivity index (χ2n) is 9.27. The van der Waals surface area contributed by atoms with Gasteiger partial charge in [0.05, 0.1) is 25.7 Å². The first kappa shape index (κ1) is 25.4. The Labute approximate surface area is 219 Å². The predicted octanol–water partition coefficient (Wildman–Crippen LogP) is 5.42. The molecule has 0 N–H and O–H groups in total. The van der Waals surface area contributed by atoms with Crippen molar-refractivity contribution in [2.45, 2.75) is 31.3 Å². The molecule has 0 bridgehead atoms. The van der Waals surface area contributed by atoms with Gasteiger partial charge in [0, 0.05) is 12.0 Å². The van der Waals surface area contributed by atoms with Crippen molar-refractivity contribution >= 4 is 29.1 Å². The summed E-state index contributed by atoms with van der Waals surface area (Å²) in [5.41, 5.74) is 0.949. The molecule has 4 aromatic rings. The van der Waals surface area contributed by atoms with Gasteiger partial charge >= 0.3 is 5.97 Å². The fourth-order valence-electron chi connectivity index (χ4n) is 5.19. The first-order chi connectivity index (χ1) is 18.2. The van der Waals surface area contributed by atoms with Crippen molar-refractivity contribution in [3.63, 3.8) is 0 Å². The molecule has 188 valence electrons. The Balaban J connectivity index is 1.59. The Morgan fingerprint density at radius 3 is 1.59 bits per heavy atom. The predicted molar refractivity (Wildman–Crippen MR) is 150 cm³/mol. The van der Waals surface area contributed by atoms with Gasteiger partial charge in [-0.15, -0.1) is 0 Å². The summed E-state index contributed by atoms with van der Waals surface area (Å²) in [6, 6.07) is 42.3. The lowest BCUT2D eigenvalue weighted by atomic mass is 10.1. The highest BCUT2D eigenvalue weighted by Gasteiger charge is 2.49. The van der Waals surface area contributed by atoms with Crippen molar-refractivity contribution in [2.75, 3.05) is 13.3 Å². The number of benzene rings is 4. The summed E-state index contributed by atoms with van der Waals surface area (Å²) in [5.74, 6) is -0.271. The van der Waals surface area contributed by atoms with E-state index < -0.39 is 13.6 Å². The van der Waals surface area contributed by atoms with Gasteiger partial charge in [-0.1, -0.05) is 84.9 Å². The highest BCUT2D eigenvalue weighted by Crippen LogP contribution is 2.57. The monoisotopic (exact) mass is 511 g/mol. The van der Waals surface area contributed by atoms with Gasteiger partial charge in [-0.05, 0) is 36.4 Å². The highest BCUT2D eigenvalue weighted by atomic mass is 31.2. The van der Waals surface area contributed by atoms with Gasteiger partial charge < -0.3 is 14.2 Å². The molecule has 1 saturated heterocycles. The molecule has 1 aliphatic rings. The van der Waals surface area contributed by atoms with Gasteiger partial charge in [0.15, 0.2) is 6.29 Å². The molecule has 0 spiro atoms. The van der Waals surface area contributed by atoms with Crippen LogP contribution in [0, 0.1) is 0 Å². The fraction of sp³-hybridized carbons (Fsp3) is 0.219. The van der Waals surface area contributed by atoms with E-state index >= 15 is 0 Å². The van der Waals surface area contributed by atoms with Crippen molar-refractivity contribution in [1.82, 2.24) is 0 Å². The molecule has 4 aromatic carbocycles. The fourth-order valence-corrected chi connectivity index (χ4v) is 9.60. The molecule has 5 rings (SSSR count). The van der Waals surface area contributed by atoms with Crippen LogP contribution in [-0.4, -0.2) is 31.4 Å². The van der Waals surface area contributed by atoms with E-state index in [4.69, 9.17) is 14.2 Å². The molecule has 5 heteroatoms. The van der Waals surface area contributed by atoms with Gasteiger partial charge in [-0.3, -0.25) is 4.79 Å². The maximum absolute atomic E-state index is 12.2. The van der Waals surface area contributed by atoms with Crippen LogP contribution >= 0.6 is 7.26 Å². The molecule has 37 heavy (non-hydrogen) atoms. The first-order valence-electron chi connectivity index (χ1n) is 12.7. The second-order valence-corrected chi connectivity index (χ2v) is 12.8. The summed E-state index contributed by atoms with van der Waals surface area (Å²) >= 11 is 0. The zero-order valence-electron chi connectivity index (χ0n) is 21.0. The zero-order valence-corrected chi connectivity index (χ0v) is 21.9. The number of methoxy groups -OCH3 is 1. The summed E-state index contributed by atoms with van der Waals surface area (Å²) in [7, 11) is -0.683. The number of carbonyl (C=O) groups is 1. The standard InChI is InChI=1S/C32H32O4P/c1-34-31(33)23-26-22-27(36-32(35-26)25-14-6-2-7-15-25)24-37(28-16-8-3-9-17-28,29-18-10-4-11-19-29)30-20-12-5-13-21-30/h2-21,26-27,32H,22-24H2,1H3/q+1/t26-,27+,32?/m1/s1. The average molecular weight is 512 g/mol. The quantitative estimate of drug-likeness (QED) is 0.234. The number of hydrogen-bond donors (Lipinski definition) is 0. The highest BCUT2D eigenvalue weighted by molar-refractivity contribution is 7.95. The molecule has 3 atom stereocenters. The SMILES string of the molecule is COC(=O)C[C@H]1C[C@@H](C[P+](c2ccccc2)(c2ccccc2)c2ccccc2)OC(c2ccccc2)O1. The van der Waals surface area contributed by atoms with Gasteiger partial charge in [0.1, 0.15) is 29.3 Å². The normalized spacial score (nSPS) is 19.8. The number of esters is 1. The molecule has 1 fully saturated rings. The van der Waals surface area contributed by atoms with Crippen LogP contribution in [0.25, 0.3) is 0 Å². The Bertz CT molecular complexity index is 1170. The summed E-state index contributed by atoms with van der Waals surface area (Å²) in [5, 5.41) is 3.93. The number of hydrogen-bond acceptors (Lipinski definition) is 4. The van der Waals surface area contributed by atoms with Gasteiger partial charge in [-0.25, -0.2) is 0 Å². The topological polar surface area (TPSA) is 44.8 Å². The van der Waals surface area contributed by atoms with E-state index in [0.717, 1.165) is 11.7 Å². The third-order valence-corrected chi connectivity index (χ3v) is 11.4. The molecular weight excluding hydrogens is 479 g/mol. The Morgan fingerprint density at radius 2 is 1.14 bits per heavy atom. The summed E-state index contributed by atoms with van der Waals surface area (Å²) < 4.78 is 18.0. The van der Waals surface area contributed by atoms with E-state index in [9.17, 15) is 4.79 Å². The third kappa shape index (κ3) is 5.67. The molecule has 1 unspecified atom stereocenters. The molecule has 1 heterocycles. The van der Waals surface area contributed by atoms with Crippen LogP contribution < -0.4 is 15.9 Å². The maximum atomic E-state index is 12.2. The summed E-state index contributed by atoms with van der Waals surface area (Å²) in [6.45, 7) is 0. The zero-order chi connectivity index (χ0) is 25.5. The molecular formula is C32H32O4P+. The van der Waals surface area contributed by atoms with E-state index in [1.54, 1.807) is 0 Å². The lowest BCUT2D eigenvalue weighted by Crippen LogP contribution is -2.42. The Kier molecular flexibility index (Phi) is 8.11. The van der Waals surface area contributed by atoms with Crippen LogP contribution in [0.2, 0.25) is 0 Å². The average Bonchev–Trinajstić information content (AvgIpc) is 2.97. The molecule has 4 nitrogen and oxygen atoms in total. The van der Waals surface area contributed by atoms with Crippen molar-refractivity contribution < 1.29 is 19.0 Å². The van der Waals surface area contributed by atoms with Crippen LogP contribution in [-0.2, 0) is 19.0 Å². The minimum Gasteiger partial charge on any atom is -0.469 e. The molecule has 0 aliphatic carbocycles. The lowest BCUT2D eigenvalue weighted by molar-refractivity contribution is -0.244. The van der Waals surface area contributed by atoms with Crippen LogP contribution in [0.3, 0.4) is 0 Å². The molecule has 0 saturated carbocycles. The van der Waals surface area contributed by atoms with E-state index in [1.807, 2.05) is 30.3 Å². The van der Waals surface area contributed by atoms with E-state index in [-0.39, 0.29) is 24.6 Å². The summed E-state index contributed by atoms with van der Waals surface area (Å²) in [4.78, 5) is 12.2. The van der Waals surface area contributed by atoms with Crippen molar-refractivity contribution in [1.29, 1.82) is 0 Å². The smallest absolute Gasteiger partial charge is 0.308 e. The lowest BCUT2D eigenvalue weighted by Gasteiger charge is -2.38. The molecule has 0 amide bonds. The molecule has 0 radical (unpaired) electrons. The molecule has 1 aliphatic heterocycles. The molecule has 0 aromatic heterocycles.